The van der Waals surface area contributed by atoms with Gasteiger partial charge < -0.3 is 9.13 Å². The summed E-state index contributed by atoms with van der Waals surface area (Å²) in [5, 5.41) is 0.697. The van der Waals surface area contributed by atoms with E-state index in [4.69, 9.17) is 0 Å². The van der Waals surface area contributed by atoms with Crippen LogP contribution in [0.15, 0.2) is 158 Å². The lowest BCUT2D eigenvalue weighted by Gasteiger charge is -2.23. The molecular weight excluding hydrogens is 1020 g/mol. The zero-order valence-corrected chi connectivity index (χ0v) is 36.7. The second-order valence-corrected chi connectivity index (χ2v) is 17.2. The van der Waals surface area contributed by atoms with Crippen LogP contribution in [0.25, 0.3) is 88.4 Å². The van der Waals surface area contributed by atoms with Gasteiger partial charge >= 0.3 is 37.1 Å². The first kappa shape index (κ1) is 49.7. The van der Waals surface area contributed by atoms with Crippen LogP contribution in [0.3, 0.4) is 0 Å². The van der Waals surface area contributed by atoms with Gasteiger partial charge in [0, 0.05) is 21.5 Å². The summed E-state index contributed by atoms with van der Waals surface area (Å²) in [5.41, 5.74) is -14.1. The molecule has 0 N–H and O–H groups in total. The third-order valence-corrected chi connectivity index (χ3v) is 12.6. The summed E-state index contributed by atoms with van der Waals surface area (Å²) in [4.78, 5) is 0. The molecule has 0 bridgehead atoms. The lowest BCUT2D eigenvalue weighted by molar-refractivity contribution is -0.144. The van der Waals surface area contributed by atoms with E-state index in [-0.39, 0.29) is 78.0 Å². The van der Waals surface area contributed by atoms with E-state index < -0.39 is 92.9 Å². The molecule has 2 aromatic heterocycles. The van der Waals surface area contributed by atoms with Crippen LogP contribution in [0.4, 0.5) is 79.0 Å². The average Bonchev–Trinajstić information content (AvgIpc) is 3.83. The molecule has 0 saturated heterocycles. The number of fused-ring (bicyclic) bond motifs is 6. The minimum absolute atomic E-state index is 0.0214. The molecule has 10 rings (SSSR count). The van der Waals surface area contributed by atoms with E-state index in [0.717, 1.165) is 45.5 Å². The fourth-order valence-corrected chi connectivity index (χ4v) is 9.36. The van der Waals surface area contributed by atoms with Crippen LogP contribution in [-0.4, -0.2) is 9.13 Å². The summed E-state index contributed by atoms with van der Waals surface area (Å²) in [6, 6.07) is 25.3. The van der Waals surface area contributed by atoms with Crippen LogP contribution in [0.5, 0.6) is 0 Å². The molecule has 74 heavy (non-hydrogen) atoms. The Labute approximate surface area is 403 Å². The Morgan fingerprint density at radius 1 is 0.230 bits per heavy atom. The Morgan fingerprint density at radius 3 is 0.919 bits per heavy atom. The fourth-order valence-electron chi connectivity index (χ4n) is 9.36. The quantitative estimate of drug-likeness (QED) is 0.152. The predicted molar refractivity (Wildman–Crippen MR) is 241 cm³/mol. The number of alkyl halides is 18. The van der Waals surface area contributed by atoms with E-state index in [2.05, 4.69) is 0 Å². The van der Waals surface area contributed by atoms with Gasteiger partial charge in [0.25, 0.3) is 0 Å². The number of hydrogen-bond donors (Lipinski definition) is 0. The highest BCUT2D eigenvalue weighted by Crippen LogP contribution is 2.49. The fraction of sp³-hybridized carbons (Fsp3) is 0.111. The zero-order valence-electron chi connectivity index (χ0n) is 36.7. The van der Waals surface area contributed by atoms with Gasteiger partial charge in [0.15, 0.2) is 0 Å². The lowest BCUT2D eigenvalue weighted by atomic mass is 9.97. The Kier molecular flexibility index (Phi) is 11.3. The van der Waals surface area contributed by atoms with Crippen molar-refractivity contribution in [2.24, 2.45) is 0 Å². The highest BCUT2D eigenvalue weighted by molar-refractivity contribution is 6.12. The summed E-state index contributed by atoms with van der Waals surface area (Å²) in [7, 11) is 0. The summed E-state index contributed by atoms with van der Waals surface area (Å²) in [6.45, 7) is 0. The molecule has 2 nitrogen and oxygen atoms in total. The molecule has 0 aliphatic rings. The number of hydrogen-bond acceptors (Lipinski definition) is 0. The van der Waals surface area contributed by atoms with Gasteiger partial charge in [0.05, 0.1) is 61.3 Å². The normalized spacial score (nSPS) is 13.3. The molecule has 10 aromatic rings. The molecule has 0 aliphatic carbocycles. The van der Waals surface area contributed by atoms with Crippen LogP contribution < -0.4 is 0 Å². The smallest absolute Gasteiger partial charge is 0.309 e. The third kappa shape index (κ3) is 8.82. The van der Waals surface area contributed by atoms with Crippen LogP contribution in [0.2, 0.25) is 0 Å². The molecule has 0 spiro atoms. The number of halogens is 18. The molecule has 378 valence electrons. The van der Waals surface area contributed by atoms with Crippen molar-refractivity contribution in [3.05, 3.63) is 191 Å². The standard InChI is InChI=1S/C54H26F18N2/c55-49(56,57)33-7-5-6-27(16-33)32-23-46(73-42-10-3-1-8-38(42)40-14-12-28(21-44(40)73)30-17-34(50(58,59)60)25-35(18-30)51(61,62)63)48(54(70,71)72)47(24-32)74-43-11-4-2-9-39(43)41-15-13-29(22-45(41)74)31-19-36(52(64,65)66)26-37(20-31)53(67,68)69/h1-26H. The molecule has 2 heterocycles. The molecule has 0 saturated carbocycles. The first-order valence-electron chi connectivity index (χ1n) is 21.6. The molecule has 0 radical (unpaired) electrons. The number of para-hydroxylation sites is 2. The van der Waals surface area contributed by atoms with E-state index in [1.54, 1.807) is 0 Å². The molecule has 8 aromatic carbocycles. The topological polar surface area (TPSA) is 9.86 Å². The minimum Gasteiger partial charge on any atom is -0.309 e. The first-order valence-corrected chi connectivity index (χ1v) is 21.6. The van der Waals surface area contributed by atoms with Gasteiger partial charge in [-0.3, -0.25) is 0 Å². The van der Waals surface area contributed by atoms with Crippen LogP contribution in [0.1, 0.15) is 33.4 Å². The number of aromatic nitrogens is 2. The number of benzene rings is 8. The van der Waals surface area contributed by atoms with Crippen molar-refractivity contribution in [1.82, 2.24) is 9.13 Å². The Hall–Kier alpha value is -7.90. The van der Waals surface area contributed by atoms with Crippen molar-refractivity contribution in [3.63, 3.8) is 0 Å². The maximum atomic E-state index is 16.6. The molecule has 0 fully saturated rings. The maximum Gasteiger partial charge on any atom is 0.420 e. The molecule has 0 amide bonds. The van der Waals surface area contributed by atoms with Crippen molar-refractivity contribution >= 4 is 43.6 Å². The Morgan fingerprint density at radius 2 is 0.554 bits per heavy atom. The second-order valence-electron chi connectivity index (χ2n) is 17.2. The van der Waals surface area contributed by atoms with E-state index in [1.165, 1.54) is 72.8 Å². The van der Waals surface area contributed by atoms with Crippen LogP contribution in [0, 0.1) is 0 Å². The highest BCUT2D eigenvalue weighted by Gasteiger charge is 2.42. The SMILES string of the molecule is FC(F)(F)c1cccc(-c2cc(-n3c4ccccc4c4ccc(-c5cc(C(F)(F)F)cc(C(F)(F)F)c5)cc43)c(C(F)(F)F)c(-n3c4ccccc4c4ccc(-c5cc(C(F)(F)F)cc(C(F)(F)F)c5)cc43)c2)c1. The lowest BCUT2D eigenvalue weighted by Crippen LogP contribution is -2.16. The van der Waals surface area contributed by atoms with Gasteiger partial charge in [-0.25, -0.2) is 0 Å². The number of rotatable bonds is 5. The summed E-state index contributed by atoms with van der Waals surface area (Å²) >= 11 is 0. The summed E-state index contributed by atoms with van der Waals surface area (Å²) in [5.74, 6) is 0. The Bertz CT molecular complexity index is 3600. The van der Waals surface area contributed by atoms with E-state index in [0.29, 0.717) is 36.4 Å². The average molecular weight is 1040 g/mol. The predicted octanol–water partition coefficient (Wildman–Crippen LogP) is 19.0. The van der Waals surface area contributed by atoms with Gasteiger partial charge in [0.2, 0.25) is 0 Å². The molecule has 0 aliphatic heterocycles. The van der Waals surface area contributed by atoms with Crippen molar-refractivity contribution in [2.75, 3.05) is 0 Å². The molecule has 20 heteroatoms. The summed E-state index contributed by atoms with van der Waals surface area (Å²) in [6.07, 6.45) is -31.6. The maximum absolute atomic E-state index is 16.6. The minimum atomic E-state index is -5.48. The third-order valence-electron chi connectivity index (χ3n) is 12.6. The monoisotopic (exact) mass is 1040 g/mol. The first-order chi connectivity index (χ1) is 34.5. The number of nitrogens with zero attached hydrogens (tertiary/aromatic N) is 2. The zero-order chi connectivity index (χ0) is 53.2. The molecule has 0 unspecified atom stereocenters. The van der Waals surface area contributed by atoms with Crippen LogP contribution in [-0.2, 0) is 37.1 Å². The molecule has 0 atom stereocenters. The van der Waals surface area contributed by atoms with Crippen LogP contribution >= 0.6 is 0 Å². The highest BCUT2D eigenvalue weighted by atomic mass is 19.4. The van der Waals surface area contributed by atoms with E-state index in [9.17, 15) is 65.9 Å². The second kappa shape index (κ2) is 16.8. The summed E-state index contributed by atoms with van der Waals surface area (Å²) < 4.78 is 264. The van der Waals surface area contributed by atoms with E-state index in [1.807, 2.05) is 0 Å². The van der Waals surface area contributed by atoms with Gasteiger partial charge in [-0.1, -0.05) is 72.8 Å². The van der Waals surface area contributed by atoms with Crippen molar-refractivity contribution in [2.45, 2.75) is 37.1 Å². The van der Waals surface area contributed by atoms with Gasteiger partial charge in [-0.2, -0.15) is 79.0 Å². The van der Waals surface area contributed by atoms with Gasteiger partial charge in [-0.15, -0.1) is 0 Å². The largest absolute Gasteiger partial charge is 0.420 e. The van der Waals surface area contributed by atoms with E-state index >= 15 is 13.2 Å². The van der Waals surface area contributed by atoms with Gasteiger partial charge in [0.1, 0.15) is 5.56 Å². The van der Waals surface area contributed by atoms with Crippen molar-refractivity contribution in [3.8, 4) is 44.8 Å². The molecular formula is C54H26F18N2. The van der Waals surface area contributed by atoms with Crippen molar-refractivity contribution in [1.29, 1.82) is 0 Å². The Balaban J connectivity index is 1.35. The van der Waals surface area contributed by atoms with Crippen molar-refractivity contribution < 1.29 is 79.0 Å². The van der Waals surface area contributed by atoms with Gasteiger partial charge in [-0.05, 0) is 118 Å².